The second kappa shape index (κ2) is 5.79. The standard InChI is InChI=1S/C13H13Cl2N5S/c1-7(2)20-6-8(5-17-20)4-16-11-9(14)3-10(15)12-13(11)19-21-18-12/h3,5-7,16H,4H2,1-2H3. The van der Waals surface area contributed by atoms with E-state index in [4.69, 9.17) is 23.2 Å². The second-order valence-electron chi connectivity index (χ2n) is 4.95. The van der Waals surface area contributed by atoms with E-state index in [-0.39, 0.29) is 0 Å². The molecule has 1 aromatic heterocycles. The molecule has 8 heteroatoms. The lowest BCUT2D eigenvalue weighted by Gasteiger charge is -2.11. The third kappa shape index (κ3) is 2.84. The quantitative estimate of drug-likeness (QED) is 0.716. The van der Waals surface area contributed by atoms with Gasteiger partial charge in [0, 0.05) is 24.3 Å². The van der Waals surface area contributed by atoms with Gasteiger partial charge >= 0.3 is 0 Å². The molecule has 0 fully saturated rings. The van der Waals surface area contributed by atoms with Crippen LogP contribution in [0.25, 0.3) is 0 Å². The van der Waals surface area contributed by atoms with Crippen LogP contribution in [-0.4, -0.2) is 9.78 Å². The molecule has 2 aromatic rings. The van der Waals surface area contributed by atoms with Crippen molar-refractivity contribution < 1.29 is 0 Å². The average molecular weight is 342 g/mol. The summed E-state index contributed by atoms with van der Waals surface area (Å²) in [5.41, 5.74) is 3.20. The number of fused-ring (bicyclic) bond motifs is 1. The summed E-state index contributed by atoms with van der Waals surface area (Å²) in [7, 11) is 0. The molecule has 1 aliphatic heterocycles. The van der Waals surface area contributed by atoms with Crippen LogP contribution in [-0.2, 0) is 17.9 Å². The zero-order valence-electron chi connectivity index (χ0n) is 11.5. The van der Waals surface area contributed by atoms with Gasteiger partial charge in [0.15, 0.2) is 0 Å². The van der Waals surface area contributed by atoms with Gasteiger partial charge in [0.1, 0.15) is 11.4 Å². The van der Waals surface area contributed by atoms with Gasteiger partial charge in [-0.05, 0) is 19.9 Å². The number of aromatic nitrogens is 2. The molecule has 5 nitrogen and oxygen atoms in total. The fraction of sp³-hybridized carbons (Fsp3) is 0.308. The van der Waals surface area contributed by atoms with Crippen molar-refractivity contribution in [2.24, 2.45) is 8.73 Å². The summed E-state index contributed by atoms with van der Waals surface area (Å²) in [6.45, 7) is 4.79. The van der Waals surface area contributed by atoms with Crippen LogP contribution in [0.5, 0.6) is 0 Å². The number of nitrogens with one attached hydrogen (secondary N) is 1. The van der Waals surface area contributed by atoms with Crippen LogP contribution < -0.4 is 5.32 Å². The minimum Gasteiger partial charge on any atom is -0.378 e. The number of hydrogen-bond acceptors (Lipinski definition) is 4. The van der Waals surface area contributed by atoms with Crippen LogP contribution in [0.4, 0.5) is 17.1 Å². The van der Waals surface area contributed by atoms with Crippen molar-refractivity contribution in [1.82, 2.24) is 9.78 Å². The molecule has 3 rings (SSSR count). The number of hydrogen-bond donors (Lipinski definition) is 1. The van der Waals surface area contributed by atoms with E-state index in [2.05, 4.69) is 33.0 Å². The smallest absolute Gasteiger partial charge is 0.130 e. The Morgan fingerprint density at radius 3 is 2.71 bits per heavy atom. The van der Waals surface area contributed by atoms with E-state index in [1.165, 1.54) is 0 Å². The van der Waals surface area contributed by atoms with Crippen molar-refractivity contribution in [2.45, 2.75) is 26.4 Å². The van der Waals surface area contributed by atoms with Gasteiger partial charge in [-0.15, -0.1) is 0 Å². The Hall–Kier alpha value is -1.37. The lowest BCUT2D eigenvalue weighted by molar-refractivity contribution is 0.532. The summed E-state index contributed by atoms with van der Waals surface area (Å²) in [4.78, 5) is 0. The van der Waals surface area contributed by atoms with Gasteiger partial charge in [0.2, 0.25) is 0 Å². The molecule has 0 radical (unpaired) electrons. The largest absolute Gasteiger partial charge is 0.378 e. The van der Waals surface area contributed by atoms with Crippen molar-refractivity contribution in [1.29, 1.82) is 0 Å². The number of halogens is 2. The van der Waals surface area contributed by atoms with Gasteiger partial charge in [0.05, 0.1) is 33.3 Å². The molecule has 0 amide bonds. The van der Waals surface area contributed by atoms with E-state index >= 15 is 0 Å². The van der Waals surface area contributed by atoms with Gasteiger partial charge < -0.3 is 5.32 Å². The van der Waals surface area contributed by atoms with Crippen molar-refractivity contribution in [3.8, 4) is 0 Å². The predicted molar refractivity (Wildman–Crippen MR) is 87.9 cm³/mol. The maximum Gasteiger partial charge on any atom is 0.130 e. The number of nitrogens with zero attached hydrogens (tertiary/aromatic N) is 4. The molecule has 0 saturated carbocycles. The Kier molecular flexibility index (Phi) is 4.01. The normalized spacial score (nSPS) is 12.6. The summed E-state index contributed by atoms with van der Waals surface area (Å²) >= 11 is 13.5. The summed E-state index contributed by atoms with van der Waals surface area (Å²) in [6.07, 6.45) is 3.85. The van der Waals surface area contributed by atoms with E-state index in [1.807, 2.05) is 17.1 Å². The number of anilines is 1. The molecule has 1 N–H and O–H groups in total. The molecule has 0 spiro atoms. The minimum atomic E-state index is 0.340. The predicted octanol–water partition coefficient (Wildman–Crippen LogP) is 5.11. The van der Waals surface area contributed by atoms with Crippen molar-refractivity contribution in [3.05, 3.63) is 34.1 Å². The van der Waals surface area contributed by atoms with Gasteiger partial charge in [0.25, 0.3) is 0 Å². The van der Waals surface area contributed by atoms with Crippen LogP contribution in [0.3, 0.4) is 0 Å². The van der Waals surface area contributed by atoms with Crippen LogP contribution in [0.1, 0.15) is 25.5 Å². The van der Waals surface area contributed by atoms with Gasteiger partial charge in [-0.2, -0.15) is 13.8 Å². The van der Waals surface area contributed by atoms with Crippen LogP contribution in [0.15, 0.2) is 27.2 Å². The van der Waals surface area contributed by atoms with Crippen LogP contribution in [0, 0.1) is 0 Å². The molecule has 21 heavy (non-hydrogen) atoms. The first kappa shape index (κ1) is 14.6. The first-order valence-corrected chi connectivity index (χ1v) is 7.92. The molecule has 0 atom stereocenters. The molecule has 0 bridgehead atoms. The Morgan fingerprint density at radius 1 is 1.24 bits per heavy atom. The molecule has 0 unspecified atom stereocenters. The Bertz CT molecular complexity index is 762. The zero-order chi connectivity index (χ0) is 15.0. The van der Waals surface area contributed by atoms with Crippen molar-refractivity contribution in [2.75, 3.05) is 5.32 Å². The third-order valence-electron chi connectivity index (χ3n) is 3.10. The number of benzene rings is 1. The molecule has 1 aliphatic rings. The van der Waals surface area contributed by atoms with E-state index in [0.717, 1.165) is 22.6 Å². The van der Waals surface area contributed by atoms with E-state index in [1.54, 1.807) is 6.07 Å². The molecule has 2 heterocycles. The van der Waals surface area contributed by atoms with Crippen molar-refractivity contribution in [3.63, 3.8) is 0 Å². The molecule has 1 aromatic carbocycles. The van der Waals surface area contributed by atoms with Gasteiger partial charge in [-0.3, -0.25) is 4.68 Å². The zero-order valence-corrected chi connectivity index (χ0v) is 13.8. The lowest BCUT2D eigenvalue weighted by atomic mass is 10.2. The molecule has 110 valence electrons. The fourth-order valence-corrected chi connectivity index (χ4v) is 3.16. The first-order valence-electron chi connectivity index (χ1n) is 6.43. The topological polar surface area (TPSA) is 54.6 Å². The fourth-order valence-electron chi connectivity index (χ4n) is 1.98. The summed E-state index contributed by atoms with van der Waals surface area (Å²) in [6, 6.07) is 2.03. The third-order valence-corrected chi connectivity index (χ3v) is 4.21. The summed E-state index contributed by atoms with van der Waals surface area (Å²) in [5.74, 6) is 0. The minimum absolute atomic E-state index is 0.340. The lowest BCUT2D eigenvalue weighted by Crippen LogP contribution is -2.01. The van der Waals surface area contributed by atoms with Crippen LogP contribution in [0.2, 0.25) is 10.0 Å². The monoisotopic (exact) mass is 341 g/mol. The average Bonchev–Trinajstić information content (AvgIpc) is 3.06. The van der Waals surface area contributed by atoms with Gasteiger partial charge in [-0.25, -0.2) is 0 Å². The van der Waals surface area contributed by atoms with Crippen LogP contribution >= 0.6 is 23.2 Å². The van der Waals surface area contributed by atoms with E-state index in [9.17, 15) is 0 Å². The summed E-state index contributed by atoms with van der Waals surface area (Å²) < 4.78 is 10.4. The molecule has 0 aliphatic carbocycles. The maximum absolute atomic E-state index is 6.26. The molecular formula is C13H13Cl2N5S. The highest BCUT2D eigenvalue weighted by atomic mass is 35.5. The Labute approximate surface area is 136 Å². The number of rotatable bonds is 4. The van der Waals surface area contributed by atoms with E-state index in [0.29, 0.717) is 34.0 Å². The molecular weight excluding hydrogens is 329 g/mol. The summed E-state index contributed by atoms with van der Waals surface area (Å²) in [5, 5.41) is 8.67. The van der Waals surface area contributed by atoms with Gasteiger partial charge in [-0.1, -0.05) is 23.2 Å². The highest BCUT2D eigenvalue weighted by Crippen LogP contribution is 2.47. The molecule has 0 saturated heterocycles. The SMILES string of the molecule is CC(C)n1cc(CNc2c(Cl)cc(Cl)c3c2N=S=N3)cn1. The first-order chi connectivity index (χ1) is 10.1. The highest BCUT2D eigenvalue weighted by molar-refractivity contribution is 7.58. The highest BCUT2D eigenvalue weighted by Gasteiger charge is 2.18. The second-order valence-corrected chi connectivity index (χ2v) is 6.30. The Morgan fingerprint density at radius 2 is 2.00 bits per heavy atom. The van der Waals surface area contributed by atoms with Crippen molar-refractivity contribution >= 4 is 51.6 Å². The van der Waals surface area contributed by atoms with E-state index < -0.39 is 0 Å². The maximum atomic E-state index is 6.26. The Balaban J connectivity index is 1.83.